The molecule has 2 fully saturated rings. The van der Waals surface area contributed by atoms with Gasteiger partial charge >= 0.3 is 0 Å². The first-order chi connectivity index (χ1) is 11.4. The molecule has 2 saturated heterocycles. The number of benzene rings is 1. The molecule has 24 heavy (non-hydrogen) atoms. The Hall–Kier alpha value is -1.58. The molecule has 2 aliphatic rings. The van der Waals surface area contributed by atoms with Crippen LogP contribution < -0.4 is 9.64 Å². The number of methoxy groups -OCH3 is 2. The molecule has 9 heteroatoms. The average molecular weight is 370 g/mol. The number of hydrogen-bond acceptors (Lipinski definition) is 6. The number of nitrogens with zero attached hydrogens (tertiary/aromatic N) is 2. The second kappa shape index (κ2) is 6.73. The van der Waals surface area contributed by atoms with Crippen molar-refractivity contribution in [2.75, 3.05) is 37.2 Å². The largest absolute Gasteiger partial charge is 0.497 e. The van der Waals surface area contributed by atoms with Crippen molar-refractivity contribution in [1.82, 2.24) is 0 Å². The minimum atomic E-state index is -3.07. The van der Waals surface area contributed by atoms with Gasteiger partial charge in [0.1, 0.15) is 12.4 Å². The molecule has 0 spiro atoms. The molecule has 0 bridgehead atoms. The van der Waals surface area contributed by atoms with Gasteiger partial charge in [0.15, 0.2) is 15.0 Å². The molecule has 0 saturated carbocycles. The van der Waals surface area contributed by atoms with Crippen molar-refractivity contribution in [2.24, 2.45) is 4.99 Å². The Kier molecular flexibility index (Phi) is 4.84. The lowest BCUT2D eigenvalue weighted by molar-refractivity contribution is -0.121. The number of ether oxygens (including phenoxy) is 2. The molecule has 1 amide bonds. The first kappa shape index (κ1) is 17.2. The predicted octanol–water partition coefficient (Wildman–Crippen LogP) is 0.943. The zero-order valence-electron chi connectivity index (χ0n) is 13.3. The monoisotopic (exact) mass is 370 g/mol. The molecule has 0 radical (unpaired) electrons. The molecule has 0 N–H and O–H groups in total. The maximum Gasteiger partial charge on any atom is 0.274 e. The van der Waals surface area contributed by atoms with Crippen LogP contribution in [0.15, 0.2) is 29.3 Å². The van der Waals surface area contributed by atoms with Gasteiger partial charge in [-0.2, -0.15) is 4.99 Å². The number of amides is 1. The number of sulfone groups is 1. The van der Waals surface area contributed by atoms with E-state index in [2.05, 4.69) is 4.99 Å². The summed E-state index contributed by atoms with van der Waals surface area (Å²) >= 11 is 1.34. The molecule has 0 unspecified atom stereocenters. The van der Waals surface area contributed by atoms with Crippen molar-refractivity contribution in [1.29, 1.82) is 0 Å². The van der Waals surface area contributed by atoms with Crippen LogP contribution in [0.3, 0.4) is 0 Å². The summed E-state index contributed by atoms with van der Waals surface area (Å²) in [5, 5.41) is 0.401. The number of carbonyl (C=O) groups is 1. The topological polar surface area (TPSA) is 85.3 Å². The third-order valence-corrected chi connectivity index (χ3v) is 7.12. The summed E-state index contributed by atoms with van der Waals surface area (Å²) in [6.07, 6.45) is 0. The number of carbonyl (C=O) groups excluding carboxylic acids is 1. The number of anilines is 1. The van der Waals surface area contributed by atoms with E-state index < -0.39 is 9.84 Å². The minimum absolute atomic E-state index is 0.0637. The van der Waals surface area contributed by atoms with Crippen LogP contribution in [0.2, 0.25) is 0 Å². The number of amidine groups is 1. The molecule has 0 aromatic heterocycles. The van der Waals surface area contributed by atoms with Gasteiger partial charge in [0, 0.05) is 18.0 Å². The Bertz CT molecular complexity index is 761. The van der Waals surface area contributed by atoms with Gasteiger partial charge in [-0.3, -0.25) is 4.79 Å². The van der Waals surface area contributed by atoms with E-state index in [0.717, 1.165) is 5.69 Å². The van der Waals surface area contributed by atoms with Gasteiger partial charge < -0.3 is 14.4 Å². The van der Waals surface area contributed by atoms with E-state index >= 15 is 0 Å². The minimum Gasteiger partial charge on any atom is -0.497 e. The maximum atomic E-state index is 12.0. The highest BCUT2D eigenvalue weighted by Crippen LogP contribution is 2.41. The summed E-state index contributed by atoms with van der Waals surface area (Å²) < 4.78 is 33.9. The quantitative estimate of drug-likeness (QED) is 0.780. The number of rotatable bonds is 4. The van der Waals surface area contributed by atoms with Crippen LogP contribution in [0.5, 0.6) is 5.75 Å². The second-order valence-electron chi connectivity index (χ2n) is 5.59. The molecular formula is C15H18N2O5S2. The third kappa shape index (κ3) is 3.42. The maximum absolute atomic E-state index is 12.0. The Morgan fingerprint density at radius 3 is 2.62 bits per heavy atom. The van der Waals surface area contributed by atoms with Gasteiger partial charge in [0.2, 0.25) is 0 Å². The summed E-state index contributed by atoms with van der Waals surface area (Å²) in [6, 6.07) is 7.05. The van der Waals surface area contributed by atoms with Crippen LogP contribution in [0.25, 0.3) is 0 Å². The van der Waals surface area contributed by atoms with Crippen LogP contribution in [-0.4, -0.2) is 63.1 Å². The summed E-state index contributed by atoms with van der Waals surface area (Å²) in [5.41, 5.74) is 0.789. The van der Waals surface area contributed by atoms with E-state index in [1.165, 1.54) is 18.9 Å². The summed E-state index contributed by atoms with van der Waals surface area (Å²) in [6.45, 7) is -0.103. The molecule has 2 heterocycles. The van der Waals surface area contributed by atoms with Gasteiger partial charge in [-0.1, -0.05) is 11.8 Å². The predicted molar refractivity (Wildman–Crippen MR) is 93.6 cm³/mol. The number of hydrogen-bond donors (Lipinski definition) is 0. The van der Waals surface area contributed by atoms with Gasteiger partial charge in [0.25, 0.3) is 5.91 Å². The smallest absolute Gasteiger partial charge is 0.274 e. The van der Waals surface area contributed by atoms with Crippen LogP contribution in [0.4, 0.5) is 5.69 Å². The van der Waals surface area contributed by atoms with E-state index in [1.54, 1.807) is 19.2 Å². The molecular weight excluding hydrogens is 352 g/mol. The lowest BCUT2D eigenvalue weighted by Gasteiger charge is -2.24. The first-order valence-corrected chi connectivity index (χ1v) is 10.0. The zero-order valence-corrected chi connectivity index (χ0v) is 15.0. The van der Waals surface area contributed by atoms with Crippen LogP contribution in [0.1, 0.15) is 0 Å². The van der Waals surface area contributed by atoms with E-state index in [-0.39, 0.29) is 35.3 Å². The lowest BCUT2D eigenvalue weighted by atomic mass is 10.2. The number of fused-ring (bicyclic) bond motifs is 1. The van der Waals surface area contributed by atoms with E-state index in [9.17, 15) is 13.2 Å². The highest BCUT2D eigenvalue weighted by atomic mass is 32.2. The highest BCUT2D eigenvalue weighted by molar-refractivity contribution is 8.16. The Morgan fingerprint density at radius 1 is 1.29 bits per heavy atom. The fourth-order valence-corrected chi connectivity index (χ4v) is 6.80. The molecule has 1 aromatic rings. The van der Waals surface area contributed by atoms with Crippen molar-refractivity contribution < 1.29 is 22.7 Å². The van der Waals surface area contributed by atoms with Crippen LogP contribution in [-0.2, 0) is 19.4 Å². The molecule has 1 aromatic carbocycles. The second-order valence-corrected chi connectivity index (χ2v) is 8.95. The van der Waals surface area contributed by atoms with E-state index in [4.69, 9.17) is 9.47 Å². The van der Waals surface area contributed by atoms with E-state index in [1.807, 2.05) is 17.0 Å². The van der Waals surface area contributed by atoms with E-state index in [0.29, 0.717) is 10.9 Å². The van der Waals surface area contributed by atoms with Crippen LogP contribution in [0, 0.1) is 0 Å². The Morgan fingerprint density at radius 2 is 2.00 bits per heavy atom. The average Bonchev–Trinajstić information content (AvgIpc) is 2.98. The zero-order chi connectivity index (χ0) is 17.3. The Labute approximate surface area is 144 Å². The van der Waals surface area contributed by atoms with Crippen LogP contribution >= 0.6 is 11.8 Å². The van der Waals surface area contributed by atoms with Gasteiger partial charge in [-0.05, 0) is 24.3 Å². The molecule has 130 valence electrons. The van der Waals surface area contributed by atoms with Crippen molar-refractivity contribution >= 4 is 38.4 Å². The fourth-order valence-electron chi connectivity index (χ4n) is 2.87. The van der Waals surface area contributed by atoms with Gasteiger partial charge in [0.05, 0.1) is 24.7 Å². The van der Waals surface area contributed by atoms with Crippen molar-refractivity contribution in [3.05, 3.63) is 24.3 Å². The van der Waals surface area contributed by atoms with Gasteiger partial charge in [-0.25, -0.2) is 8.42 Å². The lowest BCUT2D eigenvalue weighted by Crippen LogP contribution is -2.37. The number of thioether (sulfide) groups is 1. The fraction of sp³-hybridized carbons (Fsp3) is 0.467. The van der Waals surface area contributed by atoms with Crippen molar-refractivity contribution in [3.8, 4) is 5.75 Å². The standard InChI is InChI=1S/C15H18N2O5S2/c1-21-7-14(18)16-15-17(10-3-5-11(22-2)6-4-10)12-8-24(19,20)9-13(12)23-15/h3-6,12-13H,7-9H2,1-2H3/t12-,13-/m1/s1. The van der Waals surface area contributed by atoms with Gasteiger partial charge in [-0.15, -0.1) is 0 Å². The SMILES string of the molecule is COCC(=O)N=C1S[C@@H]2CS(=O)(=O)C[C@H]2N1c1ccc(OC)cc1. The van der Waals surface area contributed by atoms with Crippen molar-refractivity contribution in [2.45, 2.75) is 11.3 Å². The molecule has 7 nitrogen and oxygen atoms in total. The summed E-state index contributed by atoms with van der Waals surface area (Å²) in [4.78, 5) is 17.8. The van der Waals surface area contributed by atoms with Crippen molar-refractivity contribution in [3.63, 3.8) is 0 Å². The normalized spacial score (nSPS) is 26.6. The molecule has 0 aliphatic carbocycles. The first-order valence-electron chi connectivity index (χ1n) is 7.34. The highest BCUT2D eigenvalue weighted by Gasteiger charge is 2.49. The summed E-state index contributed by atoms with van der Waals surface area (Å²) in [7, 11) is -0.0603. The molecule has 3 rings (SSSR count). The molecule has 2 aliphatic heterocycles. The number of aliphatic imine (C=N–C) groups is 1. The molecule has 2 atom stereocenters. The third-order valence-electron chi connectivity index (χ3n) is 3.91. The summed E-state index contributed by atoms with van der Waals surface area (Å²) in [5.74, 6) is 0.484. The Balaban J connectivity index is 1.96.